The molecule has 2 aliphatic heterocycles. The predicted molar refractivity (Wildman–Crippen MR) is 107 cm³/mol. The molecular formula is C21H21ClF2N2O3. The Morgan fingerprint density at radius 3 is 2.55 bits per heavy atom. The molecular weight excluding hydrogens is 402 g/mol. The van der Waals surface area contributed by atoms with Crippen molar-refractivity contribution in [3.8, 4) is 5.75 Å². The lowest BCUT2D eigenvalue weighted by Gasteiger charge is -2.39. The second-order valence-electron chi connectivity index (χ2n) is 7.55. The summed E-state index contributed by atoms with van der Waals surface area (Å²) in [5.41, 5.74) is 0.425. The Kier molecular flexibility index (Phi) is 5.36. The van der Waals surface area contributed by atoms with E-state index in [1.165, 1.54) is 0 Å². The average Bonchev–Trinajstić information content (AvgIpc) is 2.67. The number of fused-ring (bicyclic) bond motifs is 1. The normalized spacial score (nSPS) is 18.2. The van der Waals surface area contributed by atoms with Gasteiger partial charge in [0.2, 0.25) is 5.91 Å². The standard InChI is InChI=1S/C21H21ClF2N2O3/c22-13-10-15(23)20(16(24)11-13)26-8-6-21(28,7-9-26)12-29-18-3-1-2-17-14(18)4-5-19(27)25-17/h1-3,10-11,28H,4-9,12H2,(H,25,27). The van der Waals surface area contributed by atoms with Gasteiger partial charge in [0, 0.05) is 35.8 Å². The average molecular weight is 423 g/mol. The minimum absolute atomic E-state index is 0.00745. The van der Waals surface area contributed by atoms with Crippen LogP contribution in [0.4, 0.5) is 20.2 Å². The van der Waals surface area contributed by atoms with E-state index in [0.717, 1.165) is 23.4 Å². The van der Waals surface area contributed by atoms with Crippen molar-refractivity contribution in [3.05, 3.63) is 52.6 Å². The Labute approximate surface area is 172 Å². The summed E-state index contributed by atoms with van der Waals surface area (Å²) < 4.78 is 34.2. The highest BCUT2D eigenvalue weighted by Crippen LogP contribution is 2.34. The molecule has 0 spiro atoms. The zero-order chi connectivity index (χ0) is 20.6. The monoisotopic (exact) mass is 422 g/mol. The van der Waals surface area contributed by atoms with Crippen molar-refractivity contribution < 1.29 is 23.4 Å². The van der Waals surface area contributed by atoms with Gasteiger partial charge in [-0.15, -0.1) is 0 Å². The molecule has 2 aliphatic rings. The molecule has 2 aromatic rings. The van der Waals surface area contributed by atoms with E-state index in [0.29, 0.717) is 31.4 Å². The van der Waals surface area contributed by atoms with Crippen LogP contribution in [0, 0.1) is 11.6 Å². The number of halogens is 3. The number of carbonyl (C=O) groups is 1. The van der Waals surface area contributed by atoms with Gasteiger partial charge in [-0.2, -0.15) is 0 Å². The summed E-state index contributed by atoms with van der Waals surface area (Å²) in [6, 6.07) is 7.59. The number of benzene rings is 2. The number of carbonyl (C=O) groups excluding carboxylic acids is 1. The molecule has 0 aliphatic carbocycles. The van der Waals surface area contributed by atoms with Crippen LogP contribution in [0.15, 0.2) is 30.3 Å². The molecule has 0 unspecified atom stereocenters. The van der Waals surface area contributed by atoms with Crippen LogP contribution in [-0.4, -0.2) is 36.3 Å². The first-order chi connectivity index (χ1) is 13.8. The van der Waals surface area contributed by atoms with Crippen LogP contribution in [0.25, 0.3) is 0 Å². The van der Waals surface area contributed by atoms with E-state index in [1.807, 2.05) is 12.1 Å². The quantitative estimate of drug-likeness (QED) is 0.784. The number of amides is 1. The summed E-state index contributed by atoms with van der Waals surface area (Å²) in [4.78, 5) is 13.1. The third-order valence-electron chi connectivity index (χ3n) is 5.50. The Bertz CT molecular complexity index is 923. The Morgan fingerprint density at radius 1 is 1.17 bits per heavy atom. The number of hydrogen-bond donors (Lipinski definition) is 2. The first kappa shape index (κ1) is 19.9. The Hall–Kier alpha value is -2.38. The first-order valence-corrected chi connectivity index (χ1v) is 9.89. The van der Waals surface area contributed by atoms with E-state index in [4.69, 9.17) is 16.3 Å². The molecule has 5 nitrogen and oxygen atoms in total. The third-order valence-corrected chi connectivity index (χ3v) is 5.72. The SMILES string of the molecule is O=C1CCc2c(cccc2OCC2(O)CCN(c3c(F)cc(Cl)cc3F)CC2)N1. The highest BCUT2D eigenvalue weighted by atomic mass is 35.5. The van der Waals surface area contributed by atoms with Crippen LogP contribution in [0.2, 0.25) is 5.02 Å². The smallest absolute Gasteiger partial charge is 0.224 e. The fourth-order valence-electron chi connectivity index (χ4n) is 3.87. The molecule has 1 amide bonds. The van der Waals surface area contributed by atoms with Crippen LogP contribution < -0.4 is 15.0 Å². The molecule has 2 heterocycles. The number of nitrogens with zero attached hydrogens (tertiary/aromatic N) is 1. The zero-order valence-electron chi connectivity index (χ0n) is 15.7. The molecule has 0 saturated carbocycles. The number of anilines is 2. The van der Waals surface area contributed by atoms with Gasteiger partial charge < -0.3 is 20.1 Å². The van der Waals surface area contributed by atoms with E-state index in [1.54, 1.807) is 11.0 Å². The van der Waals surface area contributed by atoms with E-state index < -0.39 is 17.2 Å². The minimum Gasteiger partial charge on any atom is -0.490 e. The van der Waals surface area contributed by atoms with Gasteiger partial charge in [-0.25, -0.2) is 8.78 Å². The molecule has 0 aromatic heterocycles. The van der Waals surface area contributed by atoms with Crippen LogP contribution in [0.3, 0.4) is 0 Å². The molecule has 0 radical (unpaired) electrons. The van der Waals surface area contributed by atoms with Crippen molar-refractivity contribution in [1.29, 1.82) is 0 Å². The topological polar surface area (TPSA) is 61.8 Å². The van der Waals surface area contributed by atoms with Gasteiger partial charge in [0.15, 0.2) is 11.6 Å². The highest BCUT2D eigenvalue weighted by Gasteiger charge is 2.35. The summed E-state index contributed by atoms with van der Waals surface area (Å²) in [5, 5.41) is 13.7. The molecule has 0 atom stereocenters. The first-order valence-electron chi connectivity index (χ1n) is 9.51. The molecule has 4 rings (SSSR count). The molecule has 154 valence electrons. The molecule has 1 saturated heterocycles. The summed E-state index contributed by atoms with van der Waals surface area (Å²) in [7, 11) is 0. The molecule has 1 fully saturated rings. The van der Waals surface area contributed by atoms with Crippen molar-refractivity contribution >= 4 is 28.9 Å². The molecule has 29 heavy (non-hydrogen) atoms. The van der Waals surface area contributed by atoms with Crippen molar-refractivity contribution in [1.82, 2.24) is 0 Å². The largest absolute Gasteiger partial charge is 0.490 e. The highest BCUT2D eigenvalue weighted by molar-refractivity contribution is 6.30. The van der Waals surface area contributed by atoms with E-state index in [2.05, 4.69) is 5.32 Å². The summed E-state index contributed by atoms with van der Waals surface area (Å²) in [6.07, 6.45) is 1.59. The summed E-state index contributed by atoms with van der Waals surface area (Å²) in [5.74, 6) is -0.820. The van der Waals surface area contributed by atoms with Crippen molar-refractivity contribution in [2.24, 2.45) is 0 Å². The van der Waals surface area contributed by atoms with Gasteiger partial charge in [0.25, 0.3) is 0 Å². The number of nitrogens with one attached hydrogen (secondary N) is 1. The number of piperidine rings is 1. The van der Waals surface area contributed by atoms with Gasteiger partial charge >= 0.3 is 0 Å². The number of rotatable bonds is 4. The maximum absolute atomic E-state index is 14.2. The van der Waals surface area contributed by atoms with Gasteiger partial charge in [0.1, 0.15) is 23.6 Å². The van der Waals surface area contributed by atoms with Crippen molar-refractivity contribution in [2.75, 3.05) is 29.9 Å². The maximum atomic E-state index is 14.2. The minimum atomic E-state index is -1.10. The predicted octanol–water partition coefficient (Wildman–Crippen LogP) is 3.91. The van der Waals surface area contributed by atoms with Gasteiger partial charge in [0.05, 0.1) is 0 Å². The third kappa shape index (κ3) is 4.16. The van der Waals surface area contributed by atoms with Crippen LogP contribution in [0.5, 0.6) is 5.75 Å². The number of ether oxygens (including phenoxy) is 1. The van der Waals surface area contributed by atoms with Crippen LogP contribution in [0.1, 0.15) is 24.8 Å². The molecule has 0 bridgehead atoms. The lowest BCUT2D eigenvalue weighted by atomic mass is 9.92. The number of aliphatic hydroxyl groups is 1. The van der Waals surface area contributed by atoms with Crippen LogP contribution in [-0.2, 0) is 11.2 Å². The lowest BCUT2D eigenvalue weighted by Crippen LogP contribution is -2.48. The molecule has 8 heteroatoms. The lowest BCUT2D eigenvalue weighted by molar-refractivity contribution is -0.116. The number of hydrogen-bond acceptors (Lipinski definition) is 4. The van der Waals surface area contributed by atoms with E-state index in [9.17, 15) is 18.7 Å². The van der Waals surface area contributed by atoms with Crippen molar-refractivity contribution in [2.45, 2.75) is 31.3 Å². The Morgan fingerprint density at radius 2 is 1.86 bits per heavy atom. The van der Waals surface area contributed by atoms with Crippen molar-refractivity contribution in [3.63, 3.8) is 0 Å². The molecule has 2 aromatic carbocycles. The fraction of sp³-hybridized carbons (Fsp3) is 0.381. The van der Waals surface area contributed by atoms with Gasteiger partial charge in [-0.1, -0.05) is 17.7 Å². The zero-order valence-corrected chi connectivity index (χ0v) is 16.4. The fourth-order valence-corrected chi connectivity index (χ4v) is 4.06. The van der Waals surface area contributed by atoms with E-state index >= 15 is 0 Å². The van der Waals surface area contributed by atoms with Gasteiger partial charge in [-0.3, -0.25) is 4.79 Å². The molecule has 2 N–H and O–H groups in total. The van der Waals surface area contributed by atoms with Crippen LogP contribution >= 0.6 is 11.6 Å². The Balaban J connectivity index is 1.41. The van der Waals surface area contributed by atoms with Gasteiger partial charge in [-0.05, 0) is 43.5 Å². The summed E-state index contributed by atoms with van der Waals surface area (Å²) >= 11 is 5.69. The summed E-state index contributed by atoms with van der Waals surface area (Å²) in [6.45, 7) is 0.646. The van der Waals surface area contributed by atoms with E-state index in [-0.39, 0.29) is 36.3 Å². The maximum Gasteiger partial charge on any atom is 0.224 e. The second kappa shape index (κ2) is 7.80. The second-order valence-corrected chi connectivity index (χ2v) is 7.98.